The molecule has 1 amide bonds. The van der Waals surface area contributed by atoms with Crippen LogP contribution in [0.1, 0.15) is 26.7 Å². The zero-order chi connectivity index (χ0) is 8.48. The van der Waals surface area contributed by atoms with Crippen LogP contribution in [-0.4, -0.2) is 17.5 Å². The average molecular weight is 156 g/mol. The second-order valence-electron chi connectivity index (χ2n) is 2.84. The lowest BCUT2D eigenvalue weighted by molar-refractivity contribution is -0.129. The predicted molar refractivity (Wildman–Crippen MR) is 41.0 cm³/mol. The van der Waals surface area contributed by atoms with Crippen LogP contribution < -0.4 is 5.73 Å². The lowest BCUT2D eigenvalue weighted by Gasteiger charge is -2.19. The maximum absolute atomic E-state index is 11.1. The van der Waals surface area contributed by atoms with Crippen LogP contribution in [0.25, 0.3) is 0 Å². The van der Waals surface area contributed by atoms with Crippen molar-refractivity contribution in [1.82, 2.24) is 0 Å². The Morgan fingerprint density at radius 3 is 2.73 bits per heavy atom. The van der Waals surface area contributed by atoms with Gasteiger partial charge in [-0.05, 0) is 13.3 Å². The van der Waals surface area contributed by atoms with Crippen LogP contribution in [0.3, 0.4) is 0 Å². The third-order valence-electron chi connectivity index (χ3n) is 1.72. The molecule has 2 N–H and O–H groups in total. The molecule has 62 valence electrons. The minimum Gasteiger partial charge on any atom is -0.449 e. The molecule has 1 heterocycles. The first kappa shape index (κ1) is 8.04. The number of carbonyl (C=O) groups excluding carboxylic acids is 1. The zero-order valence-corrected chi connectivity index (χ0v) is 6.76. The van der Waals surface area contributed by atoms with Gasteiger partial charge in [-0.1, -0.05) is 13.3 Å². The number of aliphatic imine (C=N–C) groups is 1. The molecule has 0 aliphatic carbocycles. The molecule has 0 aromatic rings. The molecule has 0 saturated heterocycles. The summed E-state index contributed by atoms with van der Waals surface area (Å²) in [7, 11) is 0. The van der Waals surface area contributed by atoms with Crippen molar-refractivity contribution < 1.29 is 9.53 Å². The number of amides is 1. The van der Waals surface area contributed by atoms with Gasteiger partial charge in [0.1, 0.15) is 0 Å². The first-order valence-corrected chi connectivity index (χ1v) is 3.66. The molecular formula is C7H12N2O2. The summed E-state index contributed by atoms with van der Waals surface area (Å²) in [6, 6.07) is -0.00838. The first-order valence-electron chi connectivity index (χ1n) is 3.66. The molecule has 1 aliphatic heterocycles. The van der Waals surface area contributed by atoms with Crippen LogP contribution in [0.2, 0.25) is 0 Å². The smallest absolute Gasteiger partial charge is 0.294 e. The molecule has 1 atom stereocenters. The third-order valence-corrected chi connectivity index (χ3v) is 1.72. The molecule has 0 saturated carbocycles. The van der Waals surface area contributed by atoms with Crippen molar-refractivity contribution in [3.05, 3.63) is 0 Å². The van der Waals surface area contributed by atoms with Crippen molar-refractivity contribution in [2.75, 3.05) is 0 Å². The van der Waals surface area contributed by atoms with Crippen molar-refractivity contribution in [3.8, 4) is 0 Å². The van der Waals surface area contributed by atoms with Crippen molar-refractivity contribution in [2.24, 2.45) is 10.7 Å². The van der Waals surface area contributed by atoms with E-state index in [1.165, 1.54) is 0 Å². The minimum absolute atomic E-state index is 0.00838. The molecule has 1 rings (SSSR count). The van der Waals surface area contributed by atoms with Gasteiger partial charge in [-0.2, -0.15) is 4.99 Å². The summed E-state index contributed by atoms with van der Waals surface area (Å²) < 4.78 is 5.08. The highest BCUT2D eigenvalue weighted by Crippen LogP contribution is 2.23. The fourth-order valence-electron chi connectivity index (χ4n) is 1.15. The van der Waals surface area contributed by atoms with Gasteiger partial charge in [0.2, 0.25) is 0 Å². The molecule has 1 aliphatic rings. The maximum Gasteiger partial charge on any atom is 0.294 e. The Hall–Kier alpha value is -1.06. The molecule has 4 nitrogen and oxygen atoms in total. The van der Waals surface area contributed by atoms with Crippen LogP contribution in [0.15, 0.2) is 4.99 Å². The topological polar surface area (TPSA) is 64.7 Å². The van der Waals surface area contributed by atoms with Crippen LogP contribution in [0.4, 0.5) is 0 Å². The van der Waals surface area contributed by atoms with Crippen LogP contribution in [0.5, 0.6) is 0 Å². The number of carbonyl (C=O) groups is 1. The van der Waals surface area contributed by atoms with Gasteiger partial charge in [0, 0.05) is 0 Å². The largest absolute Gasteiger partial charge is 0.449 e. The highest BCUT2D eigenvalue weighted by molar-refractivity contribution is 6.00. The first-order chi connectivity index (χ1) is 5.08. The molecule has 0 aromatic heterocycles. The molecule has 11 heavy (non-hydrogen) atoms. The van der Waals surface area contributed by atoms with Crippen molar-refractivity contribution in [3.63, 3.8) is 0 Å². The number of amidine groups is 1. The molecule has 0 aromatic carbocycles. The van der Waals surface area contributed by atoms with Crippen LogP contribution >= 0.6 is 0 Å². The van der Waals surface area contributed by atoms with E-state index in [-0.39, 0.29) is 11.9 Å². The summed E-state index contributed by atoms with van der Waals surface area (Å²) in [5.74, 6) is -0.267. The van der Waals surface area contributed by atoms with Crippen molar-refractivity contribution in [1.29, 1.82) is 0 Å². The highest BCUT2D eigenvalue weighted by Gasteiger charge is 2.40. The normalized spacial score (nSPS) is 30.0. The maximum atomic E-state index is 11.1. The summed E-state index contributed by atoms with van der Waals surface area (Å²) >= 11 is 0. The number of hydrogen-bond donors (Lipinski definition) is 1. The van der Waals surface area contributed by atoms with Gasteiger partial charge >= 0.3 is 0 Å². The van der Waals surface area contributed by atoms with Gasteiger partial charge in [0.15, 0.2) is 5.60 Å². The standard InChI is InChI=1S/C7H12N2O2/c1-3-4-7(2)5(10)9-6(8)11-7/h3-4H2,1-2H3,(H2,8,9,10). The van der Waals surface area contributed by atoms with E-state index in [0.717, 1.165) is 6.42 Å². The van der Waals surface area contributed by atoms with Gasteiger partial charge in [0.05, 0.1) is 0 Å². The van der Waals surface area contributed by atoms with Gasteiger partial charge in [0.25, 0.3) is 11.9 Å². The average Bonchev–Trinajstić information content (AvgIpc) is 2.08. The molecule has 0 fully saturated rings. The lowest BCUT2D eigenvalue weighted by Crippen LogP contribution is -2.34. The second-order valence-corrected chi connectivity index (χ2v) is 2.84. The van der Waals surface area contributed by atoms with E-state index in [9.17, 15) is 4.79 Å². The monoisotopic (exact) mass is 156 g/mol. The molecule has 0 spiro atoms. The molecule has 0 bridgehead atoms. The quantitative estimate of drug-likeness (QED) is 0.630. The minimum atomic E-state index is -0.793. The third kappa shape index (κ3) is 1.34. The van der Waals surface area contributed by atoms with E-state index in [4.69, 9.17) is 10.5 Å². The fourth-order valence-corrected chi connectivity index (χ4v) is 1.15. The Morgan fingerprint density at radius 1 is 1.73 bits per heavy atom. The molecule has 4 heteroatoms. The van der Waals surface area contributed by atoms with E-state index >= 15 is 0 Å². The number of nitrogens with zero attached hydrogens (tertiary/aromatic N) is 1. The summed E-state index contributed by atoms with van der Waals surface area (Å²) in [4.78, 5) is 14.6. The fraction of sp³-hybridized carbons (Fsp3) is 0.714. The van der Waals surface area contributed by atoms with E-state index in [2.05, 4.69) is 4.99 Å². The summed E-state index contributed by atoms with van der Waals surface area (Å²) in [6.07, 6.45) is 1.54. The second kappa shape index (κ2) is 2.53. The number of ether oxygens (including phenoxy) is 1. The summed E-state index contributed by atoms with van der Waals surface area (Å²) in [6.45, 7) is 3.69. The molecular weight excluding hydrogens is 144 g/mol. The SMILES string of the molecule is CCCC1(C)OC(N)=NC1=O. The molecule has 0 radical (unpaired) electrons. The van der Waals surface area contributed by atoms with Gasteiger partial charge in [-0.25, -0.2) is 0 Å². The lowest BCUT2D eigenvalue weighted by atomic mass is 10.0. The highest BCUT2D eigenvalue weighted by atomic mass is 16.5. The summed E-state index contributed by atoms with van der Waals surface area (Å²) in [5, 5.41) is 0. The predicted octanol–water partition coefficient (Wildman–Crippen LogP) is 0.417. The molecule has 1 unspecified atom stereocenters. The van der Waals surface area contributed by atoms with Crippen LogP contribution in [-0.2, 0) is 9.53 Å². The Morgan fingerprint density at radius 2 is 2.36 bits per heavy atom. The van der Waals surface area contributed by atoms with E-state index in [1.54, 1.807) is 6.92 Å². The van der Waals surface area contributed by atoms with E-state index in [1.807, 2.05) is 6.92 Å². The van der Waals surface area contributed by atoms with E-state index < -0.39 is 5.60 Å². The number of nitrogens with two attached hydrogens (primary N) is 1. The zero-order valence-electron chi connectivity index (χ0n) is 6.76. The summed E-state index contributed by atoms with van der Waals surface area (Å²) in [5.41, 5.74) is 4.45. The Bertz CT molecular complexity index is 212. The van der Waals surface area contributed by atoms with Crippen LogP contribution in [0, 0.1) is 0 Å². The Kier molecular flexibility index (Phi) is 1.85. The van der Waals surface area contributed by atoms with Crippen molar-refractivity contribution >= 4 is 11.9 Å². The van der Waals surface area contributed by atoms with E-state index in [0.29, 0.717) is 6.42 Å². The van der Waals surface area contributed by atoms with Gasteiger partial charge in [-0.3, -0.25) is 4.79 Å². The number of hydrogen-bond acceptors (Lipinski definition) is 3. The Balaban J connectivity index is 2.70. The van der Waals surface area contributed by atoms with Gasteiger partial charge in [-0.15, -0.1) is 0 Å². The van der Waals surface area contributed by atoms with Gasteiger partial charge < -0.3 is 10.5 Å². The Labute approximate surface area is 65.4 Å². The number of rotatable bonds is 2. The van der Waals surface area contributed by atoms with Crippen molar-refractivity contribution in [2.45, 2.75) is 32.3 Å².